The maximum absolute atomic E-state index is 11.4. The third-order valence-corrected chi connectivity index (χ3v) is 4.60. The number of nitrogens with one attached hydrogen (secondary N) is 1. The SMILES string of the molecule is CO[C@H]1O[C@H](CO)[C@H](O)[C@H](O)[C@H]1O[C@@H]1O[C@H](CO)[C@H](O)[C@H](O)[C@H]1NC(C)=O. The van der Waals surface area contributed by atoms with Crippen molar-refractivity contribution in [3.8, 4) is 0 Å². The summed E-state index contributed by atoms with van der Waals surface area (Å²) in [5.41, 5.74) is 0. The molecule has 0 unspecified atom stereocenters. The second-order valence-corrected chi connectivity index (χ2v) is 6.48. The van der Waals surface area contributed by atoms with Crippen molar-refractivity contribution < 1.29 is 54.4 Å². The summed E-state index contributed by atoms with van der Waals surface area (Å²) in [6.45, 7) is -0.0331. The largest absolute Gasteiger partial charge is 0.394 e. The molecule has 0 spiro atoms. The first-order chi connectivity index (χ1) is 12.7. The Hall–Kier alpha value is -0.930. The summed E-state index contributed by atoms with van der Waals surface area (Å²) >= 11 is 0. The fourth-order valence-corrected chi connectivity index (χ4v) is 3.13. The molecule has 7 N–H and O–H groups in total. The van der Waals surface area contributed by atoms with Gasteiger partial charge < -0.3 is 54.9 Å². The van der Waals surface area contributed by atoms with Crippen LogP contribution >= 0.6 is 0 Å². The summed E-state index contributed by atoms with van der Waals surface area (Å²) in [5.74, 6) is -0.546. The third kappa shape index (κ3) is 4.74. The lowest BCUT2D eigenvalue weighted by atomic mass is 9.96. The second-order valence-electron chi connectivity index (χ2n) is 6.48. The van der Waals surface area contributed by atoms with Gasteiger partial charge >= 0.3 is 0 Å². The third-order valence-electron chi connectivity index (χ3n) is 4.60. The first kappa shape index (κ1) is 22.4. The van der Waals surface area contributed by atoms with E-state index in [4.69, 9.17) is 18.9 Å². The van der Waals surface area contributed by atoms with E-state index in [1.807, 2.05) is 0 Å². The molecular weight excluding hydrogens is 370 g/mol. The van der Waals surface area contributed by atoms with Crippen LogP contribution in [0.25, 0.3) is 0 Å². The number of aliphatic hydroxyl groups excluding tert-OH is 6. The minimum Gasteiger partial charge on any atom is -0.394 e. The summed E-state index contributed by atoms with van der Waals surface area (Å²) in [6.07, 6.45) is -12.4. The van der Waals surface area contributed by atoms with E-state index in [1.54, 1.807) is 0 Å². The Morgan fingerprint density at radius 2 is 1.44 bits per heavy atom. The molecule has 10 atom stereocenters. The lowest BCUT2D eigenvalue weighted by Gasteiger charge is -2.46. The van der Waals surface area contributed by atoms with Crippen LogP contribution < -0.4 is 5.32 Å². The predicted octanol–water partition coefficient (Wildman–Crippen LogP) is -4.60. The van der Waals surface area contributed by atoms with Crippen molar-refractivity contribution in [2.45, 2.75) is 68.3 Å². The van der Waals surface area contributed by atoms with Crippen LogP contribution in [0.5, 0.6) is 0 Å². The standard InChI is InChI=1S/C15H27NO11/c1-5(19)16-8-11(22)9(20)6(3-17)25-14(8)27-13-12(23)10(21)7(4-18)26-15(13)24-2/h6-15,17-18,20-23H,3-4H2,1-2H3,(H,16,19)/t6-,7-,8-,9+,10+,11-,12+,13-,14+,15+/m1/s1. The van der Waals surface area contributed by atoms with E-state index in [0.717, 1.165) is 0 Å². The Morgan fingerprint density at radius 1 is 0.926 bits per heavy atom. The number of rotatable bonds is 6. The van der Waals surface area contributed by atoms with Gasteiger partial charge in [-0.2, -0.15) is 0 Å². The molecule has 2 fully saturated rings. The van der Waals surface area contributed by atoms with Crippen LogP contribution in [0.1, 0.15) is 6.92 Å². The highest BCUT2D eigenvalue weighted by Gasteiger charge is 2.51. The zero-order chi connectivity index (χ0) is 20.3. The Labute approximate surface area is 155 Å². The molecule has 0 aromatic carbocycles. The summed E-state index contributed by atoms with van der Waals surface area (Å²) in [5, 5.41) is 61.6. The van der Waals surface area contributed by atoms with Crippen molar-refractivity contribution in [2.75, 3.05) is 20.3 Å². The molecule has 0 aliphatic carbocycles. The van der Waals surface area contributed by atoms with E-state index in [1.165, 1.54) is 14.0 Å². The summed E-state index contributed by atoms with van der Waals surface area (Å²) in [6, 6.07) is -1.24. The zero-order valence-corrected chi connectivity index (χ0v) is 14.9. The first-order valence-corrected chi connectivity index (χ1v) is 8.45. The van der Waals surface area contributed by atoms with Gasteiger partial charge in [0.15, 0.2) is 12.6 Å². The molecule has 0 bridgehead atoms. The van der Waals surface area contributed by atoms with Gasteiger partial charge in [-0.3, -0.25) is 4.79 Å². The van der Waals surface area contributed by atoms with Crippen LogP contribution in [0.15, 0.2) is 0 Å². The summed E-state index contributed by atoms with van der Waals surface area (Å²) < 4.78 is 21.4. The van der Waals surface area contributed by atoms with E-state index >= 15 is 0 Å². The second kappa shape index (κ2) is 9.52. The van der Waals surface area contributed by atoms with Gasteiger partial charge in [-0.05, 0) is 0 Å². The first-order valence-electron chi connectivity index (χ1n) is 8.45. The quantitative estimate of drug-likeness (QED) is 0.228. The van der Waals surface area contributed by atoms with Gasteiger partial charge in [-0.25, -0.2) is 0 Å². The number of carbonyl (C=O) groups is 1. The van der Waals surface area contributed by atoms with Crippen molar-refractivity contribution >= 4 is 5.91 Å². The molecule has 2 aliphatic rings. The van der Waals surface area contributed by atoms with E-state index in [2.05, 4.69) is 5.32 Å². The van der Waals surface area contributed by atoms with Crippen LogP contribution in [-0.2, 0) is 23.7 Å². The van der Waals surface area contributed by atoms with Gasteiger partial charge in [0.1, 0.15) is 48.8 Å². The minimum atomic E-state index is -1.56. The minimum absolute atomic E-state index is 0.546. The number of hydrogen-bond acceptors (Lipinski definition) is 11. The van der Waals surface area contributed by atoms with E-state index < -0.39 is 80.5 Å². The predicted molar refractivity (Wildman–Crippen MR) is 85.0 cm³/mol. The molecular formula is C15H27NO11. The van der Waals surface area contributed by atoms with Crippen LogP contribution in [0.4, 0.5) is 0 Å². The number of hydrogen-bond donors (Lipinski definition) is 7. The number of aliphatic hydroxyl groups is 6. The maximum atomic E-state index is 11.4. The van der Waals surface area contributed by atoms with Gasteiger partial charge in [0, 0.05) is 14.0 Å². The molecule has 0 radical (unpaired) electrons. The van der Waals surface area contributed by atoms with Crippen LogP contribution in [0, 0.1) is 0 Å². The molecule has 2 saturated heterocycles. The highest BCUT2D eigenvalue weighted by molar-refractivity contribution is 5.73. The van der Waals surface area contributed by atoms with Crippen molar-refractivity contribution in [3.05, 3.63) is 0 Å². The monoisotopic (exact) mass is 397 g/mol. The fourth-order valence-electron chi connectivity index (χ4n) is 3.13. The molecule has 12 heteroatoms. The Bertz CT molecular complexity index is 492. The fraction of sp³-hybridized carbons (Fsp3) is 0.933. The molecule has 1 amide bonds. The average Bonchev–Trinajstić information content (AvgIpc) is 2.64. The molecule has 2 aliphatic heterocycles. The van der Waals surface area contributed by atoms with Crippen LogP contribution in [-0.4, -0.2) is 118 Å². The molecule has 2 rings (SSSR count). The average molecular weight is 397 g/mol. The number of amides is 1. The van der Waals surface area contributed by atoms with Gasteiger partial charge in [-0.15, -0.1) is 0 Å². The van der Waals surface area contributed by atoms with Gasteiger partial charge in [0.2, 0.25) is 5.91 Å². The van der Waals surface area contributed by atoms with Crippen molar-refractivity contribution in [1.82, 2.24) is 5.32 Å². The highest BCUT2D eigenvalue weighted by atomic mass is 16.7. The molecule has 27 heavy (non-hydrogen) atoms. The lowest BCUT2D eigenvalue weighted by Crippen LogP contribution is -2.67. The van der Waals surface area contributed by atoms with Gasteiger partial charge in [0.25, 0.3) is 0 Å². The summed E-state index contributed by atoms with van der Waals surface area (Å²) in [7, 11) is 1.25. The highest BCUT2D eigenvalue weighted by Crippen LogP contribution is 2.29. The molecule has 2 heterocycles. The van der Waals surface area contributed by atoms with E-state index in [9.17, 15) is 35.4 Å². The van der Waals surface area contributed by atoms with Gasteiger partial charge in [0.05, 0.1) is 13.2 Å². The topological polar surface area (TPSA) is 187 Å². The lowest BCUT2D eigenvalue weighted by molar-refractivity contribution is -0.351. The van der Waals surface area contributed by atoms with Crippen LogP contribution in [0.3, 0.4) is 0 Å². The van der Waals surface area contributed by atoms with Crippen molar-refractivity contribution in [1.29, 1.82) is 0 Å². The van der Waals surface area contributed by atoms with Gasteiger partial charge in [-0.1, -0.05) is 0 Å². The molecule has 0 aromatic heterocycles. The Morgan fingerprint density at radius 3 is 1.93 bits per heavy atom. The maximum Gasteiger partial charge on any atom is 0.217 e. The normalized spacial score (nSPS) is 45.5. The number of carbonyl (C=O) groups excluding carboxylic acids is 1. The number of methoxy groups -OCH3 is 1. The van der Waals surface area contributed by atoms with Crippen LogP contribution in [0.2, 0.25) is 0 Å². The van der Waals surface area contributed by atoms with Crippen molar-refractivity contribution in [3.63, 3.8) is 0 Å². The molecule has 0 aromatic rings. The summed E-state index contributed by atoms with van der Waals surface area (Å²) in [4.78, 5) is 11.4. The molecule has 158 valence electrons. The Kier molecular flexibility index (Phi) is 7.88. The molecule has 12 nitrogen and oxygen atoms in total. The van der Waals surface area contributed by atoms with E-state index in [0.29, 0.717) is 0 Å². The molecule has 0 saturated carbocycles. The van der Waals surface area contributed by atoms with E-state index in [-0.39, 0.29) is 0 Å². The Balaban J connectivity index is 2.22. The number of ether oxygens (including phenoxy) is 4. The smallest absolute Gasteiger partial charge is 0.217 e. The zero-order valence-electron chi connectivity index (χ0n) is 14.9. The van der Waals surface area contributed by atoms with Crippen molar-refractivity contribution in [2.24, 2.45) is 0 Å².